The molecule has 20 aliphatic rings. The van der Waals surface area contributed by atoms with Crippen molar-refractivity contribution >= 4 is 5.91 Å². The van der Waals surface area contributed by atoms with Crippen LogP contribution < -0.4 is 5.73 Å². The van der Waals surface area contributed by atoms with Crippen LogP contribution in [0.1, 0.15) is 0 Å². The number of primary amides is 1. The van der Waals surface area contributed by atoms with Crippen molar-refractivity contribution in [3.05, 3.63) is 0 Å². The molecule has 20 heterocycles. The number of amides is 1. The van der Waals surface area contributed by atoms with Crippen LogP contribution in [0.5, 0.6) is 0 Å². The van der Waals surface area contributed by atoms with Gasteiger partial charge in [-0.15, -0.1) is 0 Å². The summed E-state index contributed by atoms with van der Waals surface area (Å²) in [7, 11) is 0. The third kappa shape index (κ3) is 0.0692. The molecule has 26 heavy (non-hydrogen) atoms. The third-order valence-corrected chi connectivity index (χ3v) is 116. The van der Waals surface area contributed by atoms with E-state index in [1.165, 1.54) is 86.7 Å². The molecule has 2 nitrogen and oxygen atoms in total. The van der Waals surface area contributed by atoms with Gasteiger partial charge in [-0.1, -0.05) is 0 Å². The predicted octanol–water partition coefficient (Wildman–Crippen LogP) is 5.61. The van der Waals surface area contributed by atoms with E-state index in [0.29, 0.717) is 11.8 Å². The van der Waals surface area contributed by atoms with Crippen LogP contribution in [0.2, 0.25) is 95.3 Å². The average Bonchev–Trinajstić information content (AvgIpc) is 3.51. The van der Waals surface area contributed by atoms with E-state index in [2.05, 4.69) is 0 Å². The first-order valence-electron chi connectivity index (χ1n) is 11.9. The number of carbonyl (C=O) groups is 1. The van der Waals surface area contributed by atoms with Gasteiger partial charge in [-0.2, -0.15) is 0 Å². The van der Waals surface area contributed by atoms with E-state index in [-0.39, 0.29) is 0 Å². The van der Waals surface area contributed by atoms with E-state index in [0.717, 1.165) is 8.63 Å². The fraction of sp³-hybridized carbons (Fsp3) is 0.955. The molecule has 8 atom stereocenters. The molecule has 1 amide bonds. The summed E-state index contributed by atoms with van der Waals surface area (Å²) >= 11 is 0. The van der Waals surface area contributed by atoms with Crippen LogP contribution >= 0.6 is 0 Å². The molecule has 20 saturated heterocycles. The van der Waals surface area contributed by atoms with Crippen molar-refractivity contribution < 1.29 is 17.8 Å². The third-order valence-electron chi connectivity index (χ3n) is 30.7. The van der Waals surface area contributed by atoms with Crippen LogP contribution in [-0.2, 0) is 17.8 Å². The van der Waals surface area contributed by atoms with Gasteiger partial charge in [0.25, 0.3) is 0 Å². The number of rotatable bonds is 3. The van der Waals surface area contributed by atoms with E-state index in [4.69, 9.17) is 5.73 Å². The molecule has 20 fully saturated rings. The predicted molar refractivity (Wildman–Crippen MR) is 85.6 cm³/mol. The molecule has 2 spiro atoms. The van der Waals surface area contributed by atoms with Gasteiger partial charge in [0.15, 0.2) is 0 Å². The van der Waals surface area contributed by atoms with Crippen molar-refractivity contribution in [2.45, 2.75) is 95.3 Å². The average molecular weight is 427 g/mol. The van der Waals surface area contributed by atoms with Crippen molar-refractivity contribution in [1.82, 2.24) is 0 Å². The second-order valence-electron chi connectivity index (χ2n) is 20.3. The molecule has 0 saturated carbocycles. The number of fused-ring (bicyclic) bond motifs is 20. The van der Waals surface area contributed by atoms with Crippen molar-refractivity contribution in [3.8, 4) is 0 Å². The molecule has 4 heteroatoms. The van der Waals surface area contributed by atoms with Crippen LogP contribution in [0.25, 0.3) is 0 Å². The summed E-state index contributed by atoms with van der Waals surface area (Å²) in [4.78, 5) is 38.3. The maximum absolute atomic E-state index is 13.7. The van der Waals surface area contributed by atoms with Gasteiger partial charge in [0.2, 0.25) is 0 Å². The monoisotopic (exact) mass is 427 g/mol. The number of hydrogen-bond acceptors (Lipinski definition) is 1. The number of nitrogens with two attached hydrogens (primary N) is 1. The molecule has 0 aromatic heterocycles. The zero-order valence-corrected chi connectivity index (χ0v) is 16.4. The summed E-state index contributed by atoms with van der Waals surface area (Å²) in [6.07, 6.45) is 0. The van der Waals surface area contributed by atoms with Gasteiger partial charge >= 0.3 is 131 Å². The summed E-state index contributed by atoms with van der Waals surface area (Å²) in [6, 6.07) is 0. The second-order valence-corrected chi connectivity index (χ2v) is 67.5. The molecule has 0 aliphatic carbocycles. The van der Waals surface area contributed by atoms with Crippen molar-refractivity contribution in [3.63, 3.8) is 0 Å². The Morgan fingerprint density at radius 1 is 0.577 bits per heavy atom. The summed E-state index contributed by atoms with van der Waals surface area (Å²) in [5.41, 5.74) is 6.65. The van der Waals surface area contributed by atoms with Crippen LogP contribution in [0.4, 0.5) is 0 Å². The van der Waals surface area contributed by atoms with E-state index in [9.17, 15) is 4.79 Å². The molecule has 20 aliphatic heterocycles. The zero-order chi connectivity index (χ0) is 15.2. The molecule has 0 bridgehead atoms. The molecule has 0 aromatic carbocycles. The molecule has 0 aromatic rings. The Hall–Kier alpha value is 0.509. The molecule has 2 N–H and O–H groups in total. The van der Waals surface area contributed by atoms with Gasteiger partial charge in [0.05, 0.1) is 0 Å². The first-order valence-corrected chi connectivity index (χ1v) is 24.5. The summed E-state index contributed by atoms with van der Waals surface area (Å²) in [6.45, 7) is -6.44. The van der Waals surface area contributed by atoms with Crippen molar-refractivity contribution in [2.24, 2.45) is 11.7 Å². The fourth-order valence-corrected chi connectivity index (χ4v) is 185. The van der Waals surface area contributed by atoms with Crippen LogP contribution in [0.3, 0.4) is 0 Å². The topological polar surface area (TPSA) is 43.1 Å². The Morgan fingerprint density at radius 3 is 0.962 bits per heavy atom. The summed E-state index contributed by atoms with van der Waals surface area (Å²) in [5.74, 6) is 0.962. The Kier molecular flexibility index (Phi) is 0.186. The normalized spacial score (nSPS) is 154. The van der Waals surface area contributed by atoms with Crippen molar-refractivity contribution in [1.29, 1.82) is 0 Å². The molecular formula is C22H21Fe2NO. The van der Waals surface area contributed by atoms with Crippen LogP contribution in [0, 0.1) is 5.92 Å². The van der Waals surface area contributed by atoms with E-state index < -0.39 is 13.0 Å². The number of hydrogen-bond donors (Lipinski definition) is 1. The second kappa shape index (κ2) is 0.580. The SMILES string of the molecule is NC(=O)C([C]12[CH]3[CH]4[CH]5[CH]1[Fe]45321678[CH]2[CH]1[CH]6[CH]7[CH]28)[C]12[CH]3[CH]4[CH]5[CH]1[Fe]45321678[CH]2[CH]1[CH]6[CH]7[CH]28. The van der Waals surface area contributed by atoms with Gasteiger partial charge in [0.1, 0.15) is 0 Å². The van der Waals surface area contributed by atoms with Crippen molar-refractivity contribution in [2.75, 3.05) is 0 Å². The van der Waals surface area contributed by atoms with Gasteiger partial charge in [-0.05, 0) is 0 Å². The summed E-state index contributed by atoms with van der Waals surface area (Å²) < 4.78 is 1.62. The standard InChI is InChI=1S/C12H11NO.2C5H5.2Fe/c13-12(14)11(9-5-1-2-6-9)10-7-3-4-8-10;2*1-2-4-5-3-1;;/h1-8,11H,(H2,13,14);2*1-5H;;. The van der Waals surface area contributed by atoms with Gasteiger partial charge in [0, 0.05) is 0 Å². The van der Waals surface area contributed by atoms with Crippen LogP contribution in [-0.4, -0.2) is 5.91 Å². The minimum absolute atomic E-state index is 0.367. The molecule has 136 valence electrons. The quantitative estimate of drug-likeness (QED) is 0.585. The van der Waals surface area contributed by atoms with E-state index >= 15 is 0 Å². The zero-order valence-electron chi connectivity index (χ0n) is 14.2. The number of carbonyl (C=O) groups excluding carboxylic acids is 1. The maximum atomic E-state index is 13.7. The molecule has 8 unspecified atom stereocenters. The molecule has 20 rings (SSSR count). The van der Waals surface area contributed by atoms with E-state index in [1.54, 1.807) is 0 Å². The first kappa shape index (κ1) is 8.33. The molecule has 0 radical (unpaired) electrons. The minimum atomic E-state index is -3.22. The Labute approximate surface area is 130 Å². The fourth-order valence-electron chi connectivity index (χ4n) is 35.1. The van der Waals surface area contributed by atoms with Crippen LogP contribution in [0.15, 0.2) is 0 Å². The molecular weight excluding hydrogens is 406 g/mol. The Morgan fingerprint density at radius 2 is 0.846 bits per heavy atom. The van der Waals surface area contributed by atoms with Gasteiger partial charge < -0.3 is 0 Å². The Balaban J connectivity index is 1.18. The first-order chi connectivity index (χ1) is 12.2. The Bertz CT molecular complexity index is 1820. The van der Waals surface area contributed by atoms with Gasteiger partial charge in [-0.3, -0.25) is 0 Å². The van der Waals surface area contributed by atoms with Gasteiger partial charge in [-0.25, -0.2) is 0 Å². The van der Waals surface area contributed by atoms with E-state index in [1.807, 2.05) is 0 Å². The summed E-state index contributed by atoms with van der Waals surface area (Å²) in [5, 5.41) is 0.